The third kappa shape index (κ3) is 3.59. The number of likely N-dealkylation sites (tertiary alicyclic amines) is 2. The van der Waals surface area contributed by atoms with Crippen LogP contribution >= 0.6 is 11.6 Å². The highest BCUT2D eigenvalue weighted by Gasteiger charge is 2.30. The van der Waals surface area contributed by atoms with Crippen molar-refractivity contribution in [2.75, 3.05) is 39.8 Å². The van der Waals surface area contributed by atoms with Crippen molar-refractivity contribution in [3.63, 3.8) is 0 Å². The van der Waals surface area contributed by atoms with Crippen LogP contribution in [0.3, 0.4) is 0 Å². The van der Waals surface area contributed by atoms with E-state index in [1.165, 1.54) is 32.4 Å². The number of rotatable bonds is 4. The SMILES string of the molecule is C[N+]1(C[C@H](Cl)CN2CCCC2=O)CCCCC1. The van der Waals surface area contributed by atoms with Gasteiger partial charge in [0.1, 0.15) is 5.38 Å². The predicted octanol–water partition coefficient (Wildman–Crippen LogP) is 1.85. The van der Waals surface area contributed by atoms with Crippen molar-refractivity contribution in [3.05, 3.63) is 0 Å². The first-order valence-corrected chi connectivity index (χ1v) is 7.28. The van der Waals surface area contributed by atoms with Crippen molar-refractivity contribution < 1.29 is 9.28 Å². The standard InChI is InChI=1S/C13H24ClN2O/c1-16(8-3-2-4-9-16)11-12(14)10-15-7-5-6-13(15)17/h12H,2-11H2,1H3/q+1/t12-/m1/s1. The van der Waals surface area contributed by atoms with E-state index in [-0.39, 0.29) is 11.3 Å². The summed E-state index contributed by atoms with van der Waals surface area (Å²) < 4.78 is 1.09. The lowest BCUT2D eigenvalue weighted by Gasteiger charge is -2.39. The number of piperidine rings is 1. The first-order chi connectivity index (χ1) is 8.09. The van der Waals surface area contributed by atoms with E-state index >= 15 is 0 Å². The molecular weight excluding hydrogens is 236 g/mol. The van der Waals surface area contributed by atoms with Crippen LogP contribution in [0.15, 0.2) is 0 Å². The molecule has 2 aliphatic heterocycles. The van der Waals surface area contributed by atoms with Crippen molar-refractivity contribution in [2.24, 2.45) is 0 Å². The minimum Gasteiger partial charge on any atom is -0.341 e. The van der Waals surface area contributed by atoms with Gasteiger partial charge >= 0.3 is 0 Å². The molecular formula is C13H24ClN2O+. The van der Waals surface area contributed by atoms with E-state index in [4.69, 9.17) is 11.6 Å². The van der Waals surface area contributed by atoms with Gasteiger partial charge < -0.3 is 9.38 Å². The summed E-state index contributed by atoms with van der Waals surface area (Å²) in [7, 11) is 2.31. The summed E-state index contributed by atoms with van der Waals surface area (Å²) in [4.78, 5) is 13.5. The molecule has 17 heavy (non-hydrogen) atoms. The molecule has 1 amide bonds. The Morgan fingerprint density at radius 2 is 2.00 bits per heavy atom. The number of quaternary nitrogens is 1. The molecule has 2 aliphatic rings. The van der Waals surface area contributed by atoms with Gasteiger partial charge in [0, 0.05) is 19.5 Å². The Morgan fingerprint density at radius 1 is 1.29 bits per heavy atom. The summed E-state index contributed by atoms with van der Waals surface area (Å²) in [5.41, 5.74) is 0. The zero-order valence-electron chi connectivity index (χ0n) is 10.8. The van der Waals surface area contributed by atoms with Crippen LogP contribution in [0.25, 0.3) is 0 Å². The number of carbonyl (C=O) groups excluding carboxylic acids is 1. The lowest BCUT2D eigenvalue weighted by atomic mass is 10.1. The highest BCUT2D eigenvalue weighted by Crippen LogP contribution is 2.19. The Balaban J connectivity index is 1.79. The van der Waals surface area contributed by atoms with Crippen LogP contribution in [0.4, 0.5) is 0 Å². The molecule has 98 valence electrons. The second-order valence-corrected chi connectivity index (χ2v) is 6.47. The molecule has 2 rings (SSSR count). The number of amides is 1. The third-order valence-corrected chi connectivity index (χ3v) is 4.40. The van der Waals surface area contributed by atoms with Crippen molar-refractivity contribution in [1.82, 2.24) is 4.90 Å². The normalized spacial score (nSPS) is 26.2. The summed E-state index contributed by atoms with van der Waals surface area (Å²) in [5, 5.41) is 0.111. The number of halogens is 1. The fourth-order valence-electron chi connectivity index (χ4n) is 3.13. The second-order valence-electron chi connectivity index (χ2n) is 5.85. The Kier molecular flexibility index (Phi) is 4.31. The van der Waals surface area contributed by atoms with E-state index in [1.54, 1.807) is 0 Å². The van der Waals surface area contributed by atoms with Crippen LogP contribution < -0.4 is 0 Å². The molecule has 2 heterocycles. The van der Waals surface area contributed by atoms with Gasteiger partial charge in [0.2, 0.25) is 5.91 Å². The number of carbonyl (C=O) groups is 1. The maximum Gasteiger partial charge on any atom is 0.222 e. The fraction of sp³-hybridized carbons (Fsp3) is 0.923. The Labute approximate surface area is 109 Å². The van der Waals surface area contributed by atoms with Gasteiger partial charge in [-0.2, -0.15) is 0 Å². The van der Waals surface area contributed by atoms with Crippen LogP contribution in [0.2, 0.25) is 0 Å². The molecule has 0 aromatic heterocycles. The molecule has 3 nitrogen and oxygen atoms in total. The first-order valence-electron chi connectivity index (χ1n) is 6.84. The van der Waals surface area contributed by atoms with Crippen molar-refractivity contribution >= 4 is 17.5 Å². The summed E-state index contributed by atoms with van der Waals surface area (Å²) in [6.07, 6.45) is 5.74. The van der Waals surface area contributed by atoms with E-state index in [2.05, 4.69) is 7.05 Å². The lowest BCUT2D eigenvalue weighted by molar-refractivity contribution is -0.913. The van der Waals surface area contributed by atoms with E-state index in [0.717, 1.165) is 37.0 Å². The Morgan fingerprint density at radius 3 is 2.59 bits per heavy atom. The molecule has 0 aromatic carbocycles. The van der Waals surface area contributed by atoms with Gasteiger partial charge in [-0.25, -0.2) is 0 Å². The van der Waals surface area contributed by atoms with E-state index in [1.807, 2.05) is 4.90 Å². The summed E-state index contributed by atoms with van der Waals surface area (Å²) in [6, 6.07) is 0. The second kappa shape index (κ2) is 5.57. The van der Waals surface area contributed by atoms with Gasteiger partial charge in [0.15, 0.2) is 0 Å². The molecule has 0 aliphatic carbocycles. The van der Waals surface area contributed by atoms with Crippen LogP contribution in [0, 0.1) is 0 Å². The van der Waals surface area contributed by atoms with Gasteiger partial charge in [0.25, 0.3) is 0 Å². The highest BCUT2D eigenvalue weighted by molar-refractivity contribution is 6.21. The molecule has 0 unspecified atom stereocenters. The lowest BCUT2D eigenvalue weighted by Crippen LogP contribution is -2.52. The fourth-order valence-corrected chi connectivity index (χ4v) is 3.63. The molecule has 0 bridgehead atoms. The minimum absolute atomic E-state index is 0.111. The minimum atomic E-state index is 0.111. The quantitative estimate of drug-likeness (QED) is 0.557. The maximum atomic E-state index is 11.5. The summed E-state index contributed by atoms with van der Waals surface area (Å²) >= 11 is 6.44. The summed E-state index contributed by atoms with van der Waals surface area (Å²) in [5.74, 6) is 0.289. The molecule has 2 fully saturated rings. The first kappa shape index (κ1) is 13.2. The number of hydrogen-bond donors (Lipinski definition) is 0. The largest absolute Gasteiger partial charge is 0.341 e. The monoisotopic (exact) mass is 259 g/mol. The van der Waals surface area contributed by atoms with E-state index in [0.29, 0.717) is 0 Å². The number of nitrogens with zero attached hydrogens (tertiary/aromatic N) is 2. The molecule has 2 saturated heterocycles. The summed E-state index contributed by atoms with van der Waals surface area (Å²) in [6.45, 7) is 5.15. The molecule has 0 aromatic rings. The Hall–Kier alpha value is -0.280. The molecule has 4 heteroatoms. The Bertz CT molecular complexity index is 277. The van der Waals surface area contributed by atoms with Crippen molar-refractivity contribution in [2.45, 2.75) is 37.5 Å². The van der Waals surface area contributed by atoms with Gasteiger partial charge in [-0.15, -0.1) is 11.6 Å². The van der Waals surface area contributed by atoms with Crippen molar-refractivity contribution in [3.8, 4) is 0 Å². The predicted molar refractivity (Wildman–Crippen MR) is 70.1 cm³/mol. The van der Waals surface area contributed by atoms with Gasteiger partial charge in [-0.05, 0) is 25.7 Å². The average molecular weight is 260 g/mol. The smallest absolute Gasteiger partial charge is 0.222 e. The molecule has 0 spiro atoms. The average Bonchev–Trinajstić information content (AvgIpc) is 2.64. The topological polar surface area (TPSA) is 20.3 Å². The zero-order valence-corrected chi connectivity index (χ0v) is 11.6. The molecule has 0 radical (unpaired) electrons. The van der Waals surface area contributed by atoms with Crippen LogP contribution in [-0.2, 0) is 4.79 Å². The maximum absolute atomic E-state index is 11.5. The molecule has 0 N–H and O–H groups in total. The third-order valence-electron chi connectivity index (χ3n) is 4.12. The van der Waals surface area contributed by atoms with Crippen LogP contribution in [0.1, 0.15) is 32.1 Å². The van der Waals surface area contributed by atoms with Crippen molar-refractivity contribution in [1.29, 1.82) is 0 Å². The number of hydrogen-bond acceptors (Lipinski definition) is 1. The molecule has 0 saturated carbocycles. The van der Waals surface area contributed by atoms with Gasteiger partial charge in [0.05, 0.1) is 26.7 Å². The number of alkyl halides is 1. The van der Waals surface area contributed by atoms with Gasteiger partial charge in [-0.1, -0.05) is 0 Å². The molecule has 1 atom stereocenters. The van der Waals surface area contributed by atoms with Crippen LogP contribution in [0.5, 0.6) is 0 Å². The van der Waals surface area contributed by atoms with E-state index in [9.17, 15) is 4.79 Å². The van der Waals surface area contributed by atoms with Crippen LogP contribution in [-0.4, -0.2) is 60.4 Å². The zero-order chi connectivity index (χ0) is 12.3. The van der Waals surface area contributed by atoms with Gasteiger partial charge in [-0.3, -0.25) is 4.79 Å². The highest BCUT2D eigenvalue weighted by atomic mass is 35.5. The van der Waals surface area contributed by atoms with E-state index < -0.39 is 0 Å².